The Balaban J connectivity index is 0.000000200. The Labute approximate surface area is 112 Å². The monoisotopic (exact) mass is 262 g/mol. The molecule has 4 nitrogen and oxygen atoms in total. The van der Waals surface area contributed by atoms with E-state index in [0.717, 1.165) is 0 Å². The molecule has 2 aromatic rings. The van der Waals surface area contributed by atoms with Crippen molar-refractivity contribution in [2.24, 2.45) is 0 Å². The van der Waals surface area contributed by atoms with Crippen LogP contribution in [0, 0.1) is 6.92 Å². The van der Waals surface area contributed by atoms with E-state index in [0.29, 0.717) is 16.9 Å². The molecule has 0 spiro atoms. The quantitative estimate of drug-likeness (QED) is 0.668. The van der Waals surface area contributed by atoms with Gasteiger partial charge in [0.25, 0.3) is 0 Å². The van der Waals surface area contributed by atoms with Gasteiger partial charge in [0.2, 0.25) is 0 Å². The smallest absolute Gasteiger partial charge is 0.126 e. The van der Waals surface area contributed by atoms with Gasteiger partial charge >= 0.3 is 0 Å². The van der Waals surface area contributed by atoms with E-state index in [2.05, 4.69) is 0 Å². The lowest BCUT2D eigenvalue weighted by atomic mass is 10.1. The van der Waals surface area contributed by atoms with E-state index in [1.54, 1.807) is 30.3 Å². The molecule has 0 saturated heterocycles. The largest absolute Gasteiger partial charge is 0.508 e. The molecule has 0 aliphatic rings. The Bertz CT molecular complexity index is 463. The molecule has 2 rings (SSSR count). The van der Waals surface area contributed by atoms with Crippen molar-refractivity contribution >= 4 is 0 Å². The lowest BCUT2D eigenvalue weighted by Gasteiger charge is -2.04. The number of hydrogen-bond donors (Lipinski definition) is 4. The summed E-state index contributed by atoms with van der Waals surface area (Å²) >= 11 is 0. The van der Waals surface area contributed by atoms with Gasteiger partial charge in [-0.25, -0.2) is 0 Å². The van der Waals surface area contributed by atoms with Gasteiger partial charge in [-0.15, -0.1) is 0 Å². The fourth-order valence-electron chi connectivity index (χ4n) is 1.44. The molecule has 0 radical (unpaired) electrons. The molecule has 0 saturated carbocycles. The van der Waals surface area contributed by atoms with Gasteiger partial charge in [0.05, 0.1) is 13.2 Å². The number of rotatable bonds is 2. The number of aliphatic hydroxyl groups is 2. The van der Waals surface area contributed by atoms with Crippen LogP contribution in [-0.2, 0) is 13.2 Å². The molecule has 0 heterocycles. The van der Waals surface area contributed by atoms with E-state index in [4.69, 9.17) is 15.3 Å². The normalized spacial score (nSPS) is 9.63. The molecule has 4 heteroatoms. The molecule has 0 atom stereocenters. The van der Waals surface area contributed by atoms with Crippen molar-refractivity contribution in [1.82, 2.24) is 0 Å². The third-order valence-electron chi connectivity index (χ3n) is 2.58. The summed E-state index contributed by atoms with van der Waals surface area (Å²) in [5.41, 5.74) is 2.05. The highest BCUT2D eigenvalue weighted by Gasteiger charge is 2.03. The average Bonchev–Trinajstić information content (AvgIpc) is 2.43. The number of para-hydroxylation sites is 1. The second kappa shape index (κ2) is 7.41. The Hall–Kier alpha value is -2.04. The lowest BCUT2D eigenvalue weighted by Crippen LogP contribution is -1.89. The minimum atomic E-state index is -0.209. The summed E-state index contributed by atoms with van der Waals surface area (Å²) in [4.78, 5) is 0. The molecule has 19 heavy (non-hydrogen) atoms. The Morgan fingerprint density at radius 1 is 0.789 bits per heavy atom. The van der Waals surface area contributed by atoms with Gasteiger partial charge in [-0.05, 0) is 19.1 Å². The molecule has 0 aliphatic heterocycles. The number of aliphatic hydroxyl groups excluding tert-OH is 2. The topological polar surface area (TPSA) is 80.9 Å². The number of hydrogen-bond acceptors (Lipinski definition) is 4. The maximum atomic E-state index is 9.27. The van der Waals surface area contributed by atoms with E-state index in [9.17, 15) is 5.11 Å². The zero-order valence-electron chi connectivity index (χ0n) is 10.7. The van der Waals surface area contributed by atoms with Crippen LogP contribution < -0.4 is 0 Å². The molecule has 102 valence electrons. The summed E-state index contributed by atoms with van der Waals surface area (Å²) in [7, 11) is 0. The van der Waals surface area contributed by atoms with Crippen LogP contribution >= 0.6 is 0 Å². The summed E-state index contributed by atoms with van der Waals surface area (Å²) < 4.78 is 0. The number of aryl methyl sites for hydroxylation is 1. The maximum Gasteiger partial charge on any atom is 0.126 e. The maximum absolute atomic E-state index is 9.27. The molecular weight excluding hydrogens is 244 g/mol. The van der Waals surface area contributed by atoms with Crippen LogP contribution in [0.15, 0.2) is 42.5 Å². The van der Waals surface area contributed by atoms with Crippen LogP contribution in [0.4, 0.5) is 0 Å². The second-order valence-corrected chi connectivity index (χ2v) is 4.08. The van der Waals surface area contributed by atoms with Crippen LogP contribution in [0.3, 0.4) is 0 Å². The van der Waals surface area contributed by atoms with Gasteiger partial charge in [0, 0.05) is 11.1 Å². The van der Waals surface area contributed by atoms with Gasteiger partial charge in [0.15, 0.2) is 0 Å². The van der Waals surface area contributed by atoms with E-state index in [1.165, 1.54) is 5.56 Å². The average molecular weight is 262 g/mol. The van der Waals surface area contributed by atoms with Crippen LogP contribution in [0.25, 0.3) is 0 Å². The fraction of sp³-hybridized carbons (Fsp3) is 0.200. The summed E-state index contributed by atoms with van der Waals surface area (Å²) in [6.45, 7) is 1.57. The first-order valence-corrected chi connectivity index (χ1v) is 5.85. The van der Waals surface area contributed by atoms with Gasteiger partial charge in [-0.2, -0.15) is 0 Å². The summed E-state index contributed by atoms with van der Waals surface area (Å²) in [5, 5.41) is 35.4. The lowest BCUT2D eigenvalue weighted by molar-refractivity contribution is 0.264. The van der Waals surface area contributed by atoms with Crippen molar-refractivity contribution in [3.05, 3.63) is 59.2 Å². The molecule has 0 fully saturated rings. The standard InChI is InChI=1S/C8H10O3.C7H8O/c9-4-6-2-1-3-7(5-10)8(6)11;1-6-2-4-7(8)5-3-6/h1-3,9-11H,4-5H2;2-5,8H,1H3. The van der Waals surface area contributed by atoms with Crippen molar-refractivity contribution < 1.29 is 20.4 Å². The highest BCUT2D eigenvalue weighted by molar-refractivity contribution is 5.39. The number of phenolic OH excluding ortho intramolecular Hbond substituents is 1. The first-order chi connectivity index (χ1) is 9.08. The SMILES string of the molecule is Cc1ccc(O)cc1.OCc1cccc(CO)c1O. The first kappa shape index (κ1) is 15.0. The van der Waals surface area contributed by atoms with Gasteiger partial charge in [-0.3, -0.25) is 0 Å². The zero-order chi connectivity index (χ0) is 14.3. The molecule has 0 aromatic heterocycles. The molecule has 0 bridgehead atoms. The number of aromatic hydroxyl groups is 2. The van der Waals surface area contributed by atoms with Crippen LogP contribution in [0.1, 0.15) is 16.7 Å². The Morgan fingerprint density at radius 3 is 1.63 bits per heavy atom. The first-order valence-electron chi connectivity index (χ1n) is 5.85. The second-order valence-electron chi connectivity index (χ2n) is 4.08. The highest BCUT2D eigenvalue weighted by atomic mass is 16.3. The summed E-state index contributed by atoms with van der Waals surface area (Å²) in [6, 6.07) is 12.0. The minimum Gasteiger partial charge on any atom is -0.508 e. The molecule has 0 amide bonds. The summed E-state index contributed by atoms with van der Waals surface area (Å²) in [6.07, 6.45) is 0. The minimum absolute atomic E-state index is 0.0162. The van der Waals surface area contributed by atoms with Crippen LogP contribution in [-0.4, -0.2) is 20.4 Å². The Kier molecular flexibility index (Phi) is 5.85. The molecular formula is C15H18O4. The molecule has 0 aliphatic carbocycles. The highest BCUT2D eigenvalue weighted by Crippen LogP contribution is 2.21. The van der Waals surface area contributed by atoms with Crippen molar-refractivity contribution in [3.8, 4) is 11.5 Å². The van der Waals surface area contributed by atoms with E-state index in [1.807, 2.05) is 19.1 Å². The molecule has 0 unspecified atom stereocenters. The third-order valence-corrected chi connectivity index (χ3v) is 2.58. The fourth-order valence-corrected chi connectivity index (χ4v) is 1.44. The van der Waals surface area contributed by atoms with Gasteiger partial charge in [0.1, 0.15) is 11.5 Å². The predicted octanol–water partition coefficient (Wildman–Crippen LogP) is 2.08. The van der Waals surface area contributed by atoms with Crippen molar-refractivity contribution in [2.75, 3.05) is 0 Å². The number of benzene rings is 2. The van der Waals surface area contributed by atoms with Crippen molar-refractivity contribution in [1.29, 1.82) is 0 Å². The van der Waals surface area contributed by atoms with E-state index >= 15 is 0 Å². The zero-order valence-corrected chi connectivity index (χ0v) is 10.7. The molecule has 4 N–H and O–H groups in total. The van der Waals surface area contributed by atoms with E-state index in [-0.39, 0.29) is 19.0 Å². The van der Waals surface area contributed by atoms with Crippen LogP contribution in [0.2, 0.25) is 0 Å². The summed E-state index contributed by atoms with van der Waals surface area (Å²) in [5.74, 6) is 0.313. The Morgan fingerprint density at radius 2 is 1.26 bits per heavy atom. The van der Waals surface area contributed by atoms with E-state index < -0.39 is 0 Å². The van der Waals surface area contributed by atoms with Gasteiger partial charge in [-0.1, -0.05) is 35.9 Å². The number of phenols is 2. The predicted molar refractivity (Wildman–Crippen MR) is 72.8 cm³/mol. The molecule has 2 aromatic carbocycles. The third kappa shape index (κ3) is 4.62. The van der Waals surface area contributed by atoms with Crippen LogP contribution in [0.5, 0.6) is 11.5 Å². The van der Waals surface area contributed by atoms with Crippen molar-refractivity contribution in [2.45, 2.75) is 20.1 Å². The van der Waals surface area contributed by atoms with Crippen molar-refractivity contribution in [3.63, 3.8) is 0 Å². The van der Waals surface area contributed by atoms with Gasteiger partial charge < -0.3 is 20.4 Å².